The van der Waals surface area contributed by atoms with Gasteiger partial charge >= 0.3 is 0 Å². The molecule has 0 N–H and O–H groups in total. The number of aromatic nitrogens is 2. The Balaban J connectivity index is 2.12. The maximum absolute atomic E-state index is 12.3. The number of hydrogen-bond acceptors (Lipinski definition) is 3. The van der Waals surface area contributed by atoms with Crippen LogP contribution >= 0.6 is 11.6 Å². The van der Waals surface area contributed by atoms with Crippen LogP contribution in [0.25, 0.3) is 0 Å². The number of nitrogens with zero attached hydrogens (tertiary/aromatic N) is 3. The Morgan fingerprint density at radius 2 is 2.33 bits per heavy atom. The van der Waals surface area contributed by atoms with Gasteiger partial charge in [-0.3, -0.25) is 0 Å². The lowest BCUT2D eigenvalue weighted by Crippen LogP contribution is -2.29. The molecule has 0 radical (unpaired) electrons. The molecule has 0 saturated carbocycles. The van der Waals surface area contributed by atoms with Gasteiger partial charge in [0.2, 0.25) is 0 Å². The second kappa shape index (κ2) is 5.59. The topological polar surface area (TPSA) is 55.2 Å². The van der Waals surface area contributed by atoms with Crippen LogP contribution in [-0.2, 0) is 16.6 Å². The molecular formula is C11H18ClN3O2S. The van der Waals surface area contributed by atoms with Gasteiger partial charge in [-0.25, -0.2) is 13.4 Å². The van der Waals surface area contributed by atoms with Crippen molar-refractivity contribution >= 4 is 21.6 Å². The van der Waals surface area contributed by atoms with E-state index in [0.29, 0.717) is 24.9 Å². The minimum atomic E-state index is -3.42. The molecule has 18 heavy (non-hydrogen) atoms. The van der Waals surface area contributed by atoms with Gasteiger partial charge in [0.15, 0.2) is 5.03 Å². The molecule has 1 saturated heterocycles. The Morgan fingerprint density at radius 1 is 1.56 bits per heavy atom. The van der Waals surface area contributed by atoms with E-state index in [1.54, 1.807) is 17.1 Å². The highest BCUT2D eigenvalue weighted by molar-refractivity contribution is 7.89. The van der Waals surface area contributed by atoms with Gasteiger partial charge in [-0.15, -0.1) is 11.6 Å². The van der Waals surface area contributed by atoms with E-state index in [0.717, 1.165) is 19.4 Å². The number of aryl methyl sites for hydroxylation is 1. The van der Waals surface area contributed by atoms with E-state index in [-0.39, 0.29) is 5.03 Å². The predicted molar refractivity (Wildman–Crippen MR) is 70.1 cm³/mol. The third-order valence-corrected chi connectivity index (χ3v) is 5.31. The summed E-state index contributed by atoms with van der Waals surface area (Å²) in [6, 6.07) is 0. The van der Waals surface area contributed by atoms with Crippen molar-refractivity contribution in [2.45, 2.75) is 31.3 Å². The van der Waals surface area contributed by atoms with E-state index in [1.165, 1.54) is 4.31 Å². The number of sulfonamides is 1. The Morgan fingerprint density at radius 3 is 2.94 bits per heavy atom. The Kier molecular flexibility index (Phi) is 4.29. The molecule has 2 heterocycles. The summed E-state index contributed by atoms with van der Waals surface area (Å²) in [5, 5.41) is 0.149. The highest BCUT2D eigenvalue weighted by Gasteiger charge is 2.33. The van der Waals surface area contributed by atoms with Crippen LogP contribution in [0.5, 0.6) is 0 Å². The largest absolute Gasteiger partial charge is 0.336 e. The van der Waals surface area contributed by atoms with E-state index < -0.39 is 10.0 Å². The minimum Gasteiger partial charge on any atom is -0.336 e. The number of rotatable bonds is 5. The fourth-order valence-corrected chi connectivity index (χ4v) is 3.96. The molecule has 0 amide bonds. The average Bonchev–Trinajstić information content (AvgIpc) is 2.98. The van der Waals surface area contributed by atoms with Crippen molar-refractivity contribution in [3.63, 3.8) is 0 Å². The highest BCUT2D eigenvalue weighted by atomic mass is 35.5. The molecule has 1 aromatic rings. The number of halogens is 1. The van der Waals surface area contributed by atoms with E-state index in [2.05, 4.69) is 4.98 Å². The van der Waals surface area contributed by atoms with Gasteiger partial charge in [0.25, 0.3) is 10.0 Å². The summed E-state index contributed by atoms with van der Waals surface area (Å²) in [5.74, 6) is 0.966. The second-order valence-electron chi connectivity index (χ2n) is 4.54. The molecule has 0 aromatic carbocycles. The lowest BCUT2D eigenvalue weighted by molar-refractivity contribution is 0.451. The van der Waals surface area contributed by atoms with Gasteiger partial charge in [0.05, 0.1) is 6.33 Å². The molecule has 1 aliphatic rings. The van der Waals surface area contributed by atoms with Crippen LogP contribution in [0, 0.1) is 5.92 Å². The van der Waals surface area contributed by atoms with Crippen LogP contribution in [0.1, 0.15) is 19.8 Å². The van der Waals surface area contributed by atoms with Crippen molar-refractivity contribution in [2.75, 3.05) is 19.0 Å². The van der Waals surface area contributed by atoms with Gasteiger partial charge < -0.3 is 4.57 Å². The highest BCUT2D eigenvalue weighted by Crippen LogP contribution is 2.25. The zero-order valence-corrected chi connectivity index (χ0v) is 12.0. The molecule has 0 spiro atoms. The molecule has 102 valence electrons. The lowest BCUT2D eigenvalue weighted by Gasteiger charge is -2.14. The van der Waals surface area contributed by atoms with Crippen LogP contribution in [0.15, 0.2) is 17.6 Å². The number of hydrogen-bond donors (Lipinski definition) is 0. The summed E-state index contributed by atoms with van der Waals surface area (Å²) in [6.45, 7) is 3.80. The molecule has 1 fully saturated rings. The first-order valence-electron chi connectivity index (χ1n) is 6.15. The molecule has 1 aliphatic heterocycles. The lowest BCUT2D eigenvalue weighted by atomic mass is 10.1. The van der Waals surface area contributed by atoms with Crippen molar-refractivity contribution in [3.05, 3.63) is 12.5 Å². The maximum atomic E-state index is 12.3. The minimum absolute atomic E-state index is 0.149. The molecule has 7 heteroatoms. The van der Waals surface area contributed by atoms with E-state index >= 15 is 0 Å². The van der Waals surface area contributed by atoms with Crippen molar-refractivity contribution < 1.29 is 8.42 Å². The molecule has 0 bridgehead atoms. The number of imidazole rings is 1. The smallest absolute Gasteiger partial charge is 0.262 e. The molecule has 1 atom stereocenters. The maximum Gasteiger partial charge on any atom is 0.262 e. The van der Waals surface area contributed by atoms with Gasteiger partial charge in [0.1, 0.15) is 0 Å². The van der Waals surface area contributed by atoms with Gasteiger partial charge in [-0.1, -0.05) is 0 Å². The molecule has 1 aromatic heterocycles. The zero-order valence-electron chi connectivity index (χ0n) is 10.4. The van der Waals surface area contributed by atoms with E-state index in [4.69, 9.17) is 11.6 Å². The Bertz CT molecular complexity index is 500. The summed E-state index contributed by atoms with van der Waals surface area (Å²) in [7, 11) is -3.42. The van der Waals surface area contributed by atoms with Crippen LogP contribution in [0.2, 0.25) is 0 Å². The van der Waals surface area contributed by atoms with Gasteiger partial charge in [-0.2, -0.15) is 4.31 Å². The fourth-order valence-electron chi connectivity index (χ4n) is 2.18. The summed E-state index contributed by atoms with van der Waals surface area (Å²) in [5.41, 5.74) is 0. The summed E-state index contributed by atoms with van der Waals surface area (Å²) < 4.78 is 27.9. The molecule has 5 nitrogen and oxygen atoms in total. The van der Waals surface area contributed by atoms with Crippen LogP contribution in [0.3, 0.4) is 0 Å². The monoisotopic (exact) mass is 291 g/mol. The van der Waals surface area contributed by atoms with Gasteiger partial charge in [-0.05, 0) is 25.7 Å². The van der Waals surface area contributed by atoms with E-state index in [1.807, 2.05) is 6.92 Å². The van der Waals surface area contributed by atoms with Crippen molar-refractivity contribution in [1.82, 2.24) is 13.9 Å². The Hall–Kier alpha value is -0.590. The van der Waals surface area contributed by atoms with Crippen molar-refractivity contribution in [1.29, 1.82) is 0 Å². The Labute approximate surface area is 113 Å². The number of alkyl halides is 1. The van der Waals surface area contributed by atoms with Crippen LogP contribution in [-0.4, -0.2) is 41.2 Å². The first-order chi connectivity index (χ1) is 8.57. The summed E-state index contributed by atoms with van der Waals surface area (Å²) >= 11 is 5.70. The molecule has 2 rings (SSSR count). The third-order valence-electron chi connectivity index (χ3n) is 3.34. The van der Waals surface area contributed by atoms with Gasteiger partial charge in [0, 0.05) is 31.7 Å². The molecule has 1 unspecified atom stereocenters. The quantitative estimate of drug-likeness (QED) is 0.773. The SMILES string of the molecule is CCn1cnc(S(=O)(=O)N2CCC(CCCl)C2)c1. The first kappa shape index (κ1) is 13.8. The fraction of sp³-hybridized carbons (Fsp3) is 0.727. The molecule has 0 aliphatic carbocycles. The average molecular weight is 292 g/mol. The van der Waals surface area contributed by atoms with Crippen LogP contribution < -0.4 is 0 Å². The molecular weight excluding hydrogens is 274 g/mol. The first-order valence-corrected chi connectivity index (χ1v) is 8.13. The predicted octanol–water partition coefficient (Wildman–Crippen LogP) is 1.54. The summed E-state index contributed by atoms with van der Waals surface area (Å²) in [4.78, 5) is 3.98. The second-order valence-corrected chi connectivity index (χ2v) is 6.80. The normalized spacial score (nSPS) is 21.6. The zero-order chi connectivity index (χ0) is 13.2. The standard InChI is InChI=1S/C11H18ClN3O2S/c1-2-14-8-11(13-9-14)18(16,17)15-6-4-10(7-15)3-5-12/h8-10H,2-7H2,1H3. The van der Waals surface area contributed by atoms with Crippen molar-refractivity contribution in [3.8, 4) is 0 Å². The van der Waals surface area contributed by atoms with Crippen molar-refractivity contribution in [2.24, 2.45) is 5.92 Å². The van der Waals surface area contributed by atoms with E-state index in [9.17, 15) is 8.42 Å². The third kappa shape index (κ3) is 2.70. The van der Waals surface area contributed by atoms with Crippen LogP contribution in [0.4, 0.5) is 0 Å². The summed E-state index contributed by atoms with van der Waals surface area (Å²) in [6.07, 6.45) is 4.90.